The van der Waals surface area contributed by atoms with Crippen molar-refractivity contribution in [2.75, 3.05) is 25.0 Å². The van der Waals surface area contributed by atoms with Crippen molar-refractivity contribution in [2.45, 2.75) is 34.6 Å². The lowest BCUT2D eigenvalue weighted by Crippen LogP contribution is -2.46. The lowest BCUT2D eigenvalue weighted by atomic mass is 9.94. The lowest BCUT2D eigenvalue weighted by Gasteiger charge is -2.32. The summed E-state index contributed by atoms with van der Waals surface area (Å²) in [5.41, 5.74) is 5.80. The van der Waals surface area contributed by atoms with Gasteiger partial charge in [-0.3, -0.25) is 19.6 Å². The number of hydrazine groups is 1. The molecule has 0 radical (unpaired) electrons. The van der Waals surface area contributed by atoms with Gasteiger partial charge in [0.05, 0.1) is 16.7 Å². The van der Waals surface area contributed by atoms with E-state index in [4.69, 9.17) is 0 Å². The minimum atomic E-state index is -1.08. The number of anilines is 1. The number of fused-ring (bicyclic) bond motifs is 1. The van der Waals surface area contributed by atoms with E-state index in [1.165, 1.54) is 6.20 Å². The summed E-state index contributed by atoms with van der Waals surface area (Å²) in [6, 6.07) is 6.98. The van der Waals surface area contributed by atoms with Crippen LogP contribution in [-0.4, -0.2) is 62.5 Å². The molecule has 192 valence electrons. The summed E-state index contributed by atoms with van der Waals surface area (Å²) >= 11 is 0. The molecule has 3 N–H and O–H groups in total. The van der Waals surface area contributed by atoms with Crippen molar-refractivity contribution >= 4 is 35.1 Å². The summed E-state index contributed by atoms with van der Waals surface area (Å²) < 4.78 is 0. The molecular formula is C28H31N5O4. The Balaban J connectivity index is 1.81. The Morgan fingerprint density at radius 2 is 1.81 bits per heavy atom. The first-order valence-corrected chi connectivity index (χ1v) is 12.3. The molecule has 2 aromatic heterocycles. The summed E-state index contributed by atoms with van der Waals surface area (Å²) in [6.07, 6.45) is 4.62. The van der Waals surface area contributed by atoms with Gasteiger partial charge in [-0.2, -0.15) is 0 Å². The number of benzene rings is 1. The van der Waals surface area contributed by atoms with E-state index in [1.807, 2.05) is 45.7 Å². The number of carbonyl (C=O) groups excluding carboxylic acids is 2. The van der Waals surface area contributed by atoms with Crippen LogP contribution in [0.5, 0.6) is 0 Å². The number of aromatic carboxylic acids is 1. The van der Waals surface area contributed by atoms with Crippen LogP contribution >= 0.6 is 0 Å². The molecule has 3 heterocycles. The zero-order valence-electron chi connectivity index (χ0n) is 21.7. The molecule has 1 aromatic carbocycles. The molecular weight excluding hydrogens is 470 g/mol. The van der Waals surface area contributed by atoms with Crippen LogP contribution < -0.4 is 5.32 Å². The fraction of sp³-hybridized carbons (Fsp3) is 0.286. The first-order valence-electron chi connectivity index (χ1n) is 12.3. The number of H-pyrrole nitrogens is 1. The lowest BCUT2D eigenvalue weighted by molar-refractivity contribution is -0.110. The number of aromatic nitrogens is 2. The fourth-order valence-corrected chi connectivity index (χ4v) is 4.88. The highest BCUT2D eigenvalue weighted by atomic mass is 16.4. The molecule has 0 unspecified atom stereocenters. The highest BCUT2D eigenvalue weighted by Gasteiger charge is 2.30. The zero-order chi connectivity index (χ0) is 26.9. The highest BCUT2D eigenvalue weighted by molar-refractivity contribution is 6.36. The van der Waals surface area contributed by atoms with E-state index in [2.05, 4.69) is 15.3 Å². The average Bonchev–Trinajstić information content (AvgIpc) is 3.36. The maximum absolute atomic E-state index is 13.5. The third kappa shape index (κ3) is 4.65. The van der Waals surface area contributed by atoms with Gasteiger partial charge in [0.25, 0.3) is 11.8 Å². The van der Waals surface area contributed by atoms with Crippen molar-refractivity contribution in [1.29, 1.82) is 0 Å². The molecule has 0 fully saturated rings. The van der Waals surface area contributed by atoms with Crippen LogP contribution in [0.2, 0.25) is 0 Å². The van der Waals surface area contributed by atoms with E-state index in [1.54, 1.807) is 35.5 Å². The first-order chi connectivity index (χ1) is 17.7. The van der Waals surface area contributed by atoms with Crippen LogP contribution in [0.15, 0.2) is 36.7 Å². The van der Waals surface area contributed by atoms with Crippen molar-refractivity contribution in [3.05, 3.63) is 70.3 Å². The molecule has 4 rings (SSSR count). The van der Waals surface area contributed by atoms with Crippen LogP contribution in [-0.2, 0) is 4.79 Å². The molecule has 9 nitrogen and oxygen atoms in total. The van der Waals surface area contributed by atoms with Crippen molar-refractivity contribution < 1.29 is 19.5 Å². The van der Waals surface area contributed by atoms with Crippen molar-refractivity contribution in [1.82, 2.24) is 20.0 Å². The molecule has 1 aliphatic heterocycles. The van der Waals surface area contributed by atoms with E-state index in [9.17, 15) is 19.5 Å². The van der Waals surface area contributed by atoms with Crippen LogP contribution in [0.4, 0.5) is 5.69 Å². The number of hydrogen-bond donors (Lipinski definition) is 3. The molecule has 2 amide bonds. The normalized spacial score (nSPS) is 13.7. The molecule has 0 spiro atoms. The van der Waals surface area contributed by atoms with Gasteiger partial charge in [-0.25, -0.2) is 9.80 Å². The second-order valence-corrected chi connectivity index (χ2v) is 8.83. The number of pyridine rings is 1. The summed E-state index contributed by atoms with van der Waals surface area (Å²) in [7, 11) is 0. The number of aromatic amines is 1. The minimum absolute atomic E-state index is 0.0607. The number of rotatable bonds is 8. The minimum Gasteiger partial charge on any atom is -0.478 e. The number of hydrogen-bond acceptors (Lipinski definition) is 5. The van der Waals surface area contributed by atoms with Gasteiger partial charge in [-0.05, 0) is 50.1 Å². The Morgan fingerprint density at radius 3 is 2.46 bits per heavy atom. The smallest absolute Gasteiger partial charge is 0.337 e. The van der Waals surface area contributed by atoms with Gasteiger partial charge in [-0.15, -0.1) is 0 Å². The Labute approximate surface area is 215 Å². The number of nitrogens with zero attached hydrogens (tertiary/aromatic N) is 3. The van der Waals surface area contributed by atoms with Gasteiger partial charge in [-0.1, -0.05) is 26.0 Å². The highest BCUT2D eigenvalue weighted by Crippen LogP contribution is 2.40. The standard InChI is InChI=1S/C28H31N5O4/c1-6-32(7-2)33(8-3)27(35)24-16(4)23(30-17(24)5)13-21-25-20(10-9-11-22(25)31-26(21)34)18-12-19(28(36)37)15-29-14-18/h9-15,30H,6-8H2,1-5H3,(H,31,34)(H,36,37). The fourth-order valence-electron chi connectivity index (χ4n) is 4.88. The molecule has 1 aliphatic rings. The molecule has 0 saturated carbocycles. The Bertz CT molecular complexity index is 1420. The summed E-state index contributed by atoms with van der Waals surface area (Å²) in [6.45, 7) is 11.7. The predicted molar refractivity (Wildman–Crippen MR) is 143 cm³/mol. The van der Waals surface area contributed by atoms with Gasteiger partial charge >= 0.3 is 5.97 Å². The summed E-state index contributed by atoms with van der Waals surface area (Å²) in [5, 5.41) is 16.1. The van der Waals surface area contributed by atoms with Crippen LogP contribution in [0, 0.1) is 13.8 Å². The Morgan fingerprint density at radius 1 is 1.08 bits per heavy atom. The second kappa shape index (κ2) is 10.4. The third-order valence-electron chi connectivity index (χ3n) is 6.71. The van der Waals surface area contributed by atoms with Gasteiger partial charge in [0, 0.05) is 60.2 Å². The molecule has 37 heavy (non-hydrogen) atoms. The summed E-state index contributed by atoms with van der Waals surface area (Å²) in [4.78, 5) is 45.5. The molecule has 0 bridgehead atoms. The van der Waals surface area contributed by atoms with Gasteiger partial charge < -0.3 is 15.4 Å². The maximum atomic E-state index is 13.5. The summed E-state index contributed by atoms with van der Waals surface area (Å²) in [5.74, 6) is -1.44. The zero-order valence-corrected chi connectivity index (χ0v) is 21.7. The number of nitrogens with one attached hydrogen (secondary N) is 2. The monoisotopic (exact) mass is 501 g/mol. The van der Waals surface area contributed by atoms with E-state index in [-0.39, 0.29) is 17.4 Å². The first kappa shape index (κ1) is 25.8. The van der Waals surface area contributed by atoms with Gasteiger partial charge in [0.2, 0.25) is 0 Å². The quantitative estimate of drug-likeness (QED) is 0.307. The predicted octanol–water partition coefficient (Wildman–Crippen LogP) is 4.60. The molecule has 9 heteroatoms. The molecule has 0 saturated heterocycles. The number of aryl methyl sites for hydroxylation is 1. The Hall–Kier alpha value is -4.24. The van der Waals surface area contributed by atoms with Gasteiger partial charge in [0.1, 0.15) is 0 Å². The molecule has 0 aliphatic carbocycles. The van der Waals surface area contributed by atoms with Crippen LogP contribution in [0.3, 0.4) is 0 Å². The SMILES string of the molecule is CCN(CC)N(CC)C(=O)c1c(C)[nH]c(C=C2C(=O)Nc3cccc(-c4cncc(C(=O)O)c4)c32)c1C. The molecule has 3 aromatic rings. The number of carbonyl (C=O) groups is 3. The topological polar surface area (TPSA) is 119 Å². The largest absolute Gasteiger partial charge is 0.478 e. The van der Waals surface area contributed by atoms with Crippen LogP contribution in [0.25, 0.3) is 22.8 Å². The number of carboxylic acid groups (broad SMARTS) is 1. The maximum Gasteiger partial charge on any atom is 0.337 e. The van der Waals surface area contributed by atoms with Gasteiger partial charge in [0.15, 0.2) is 0 Å². The second-order valence-electron chi connectivity index (χ2n) is 8.83. The number of carboxylic acids is 1. The molecule has 0 atom stereocenters. The van der Waals surface area contributed by atoms with Crippen molar-refractivity contribution in [2.24, 2.45) is 0 Å². The van der Waals surface area contributed by atoms with E-state index in [0.29, 0.717) is 58.8 Å². The van der Waals surface area contributed by atoms with E-state index in [0.717, 1.165) is 11.3 Å². The van der Waals surface area contributed by atoms with Crippen molar-refractivity contribution in [3.63, 3.8) is 0 Å². The van der Waals surface area contributed by atoms with E-state index < -0.39 is 5.97 Å². The van der Waals surface area contributed by atoms with Crippen LogP contribution in [0.1, 0.15) is 64.0 Å². The Kier molecular flexibility index (Phi) is 7.26. The number of amides is 2. The third-order valence-corrected chi connectivity index (χ3v) is 6.71. The average molecular weight is 502 g/mol. The van der Waals surface area contributed by atoms with Crippen molar-refractivity contribution in [3.8, 4) is 11.1 Å². The van der Waals surface area contributed by atoms with E-state index >= 15 is 0 Å².